The average Bonchev–Trinajstić information content (AvgIpc) is 3.45. The third kappa shape index (κ3) is 6.92. The summed E-state index contributed by atoms with van der Waals surface area (Å²) in [7, 11) is 0. The molecular formula is C54H49N. The first-order valence-electron chi connectivity index (χ1n) is 19.6. The van der Waals surface area contributed by atoms with Gasteiger partial charge in [-0.05, 0) is 103 Å². The zero-order valence-electron chi connectivity index (χ0n) is 32.9. The average molecular weight is 712 g/mol. The first-order chi connectivity index (χ1) is 26.6. The van der Waals surface area contributed by atoms with E-state index in [-0.39, 0.29) is 5.41 Å². The van der Waals surface area contributed by atoms with E-state index in [1.54, 1.807) is 0 Å². The molecule has 270 valence electrons. The second-order valence-corrected chi connectivity index (χ2v) is 16.5. The van der Waals surface area contributed by atoms with Crippen LogP contribution in [0.3, 0.4) is 0 Å². The van der Waals surface area contributed by atoms with Gasteiger partial charge >= 0.3 is 0 Å². The number of hydrogen-bond donors (Lipinski definition) is 0. The van der Waals surface area contributed by atoms with Crippen molar-refractivity contribution in [2.24, 2.45) is 5.41 Å². The molecule has 7 aromatic carbocycles. The molecule has 0 spiro atoms. The van der Waals surface area contributed by atoms with E-state index in [1.807, 2.05) is 6.20 Å². The second kappa shape index (κ2) is 14.6. The lowest BCUT2D eigenvalue weighted by molar-refractivity contribution is 0.420. The van der Waals surface area contributed by atoms with Gasteiger partial charge in [-0.25, -0.2) is 0 Å². The number of fused-ring (bicyclic) bond motifs is 5. The molecule has 1 aliphatic rings. The minimum atomic E-state index is -0.00788. The molecule has 0 atom stereocenters. The number of nitrogens with zero attached hydrogens (tertiary/aromatic N) is 1. The van der Waals surface area contributed by atoms with Gasteiger partial charge in [-0.2, -0.15) is 0 Å². The Morgan fingerprint density at radius 2 is 1.00 bits per heavy atom. The molecule has 1 nitrogen and oxygen atoms in total. The number of aromatic nitrogens is 1. The zero-order valence-corrected chi connectivity index (χ0v) is 32.9. The van der Waals surface area contributed by atoms with E-state index in [1.165, 1.54) is 78.0 Å². The fraction of sp³-hybridized carbons (Fsp3) is 0.167. The SMILES string of the molecule is C/C=C\CC(C)(C)C.CC1(C)c2ccccc2-c2ccc(-c3ccc(-c4ccc(-c5c6ccccc6c(-c6ccccc6)c6ccccc56)cn4)cc3)cc21. The standard InChI is InChI=1S/C46H33N.C8H16/c1-46(2)41-19-11-10-14-35(41)36-26-24-33(28-42(36)46)30-20-22-31(23-21-30)43-27-25-34(29-47-43)45-39-17-8-6-15-37(39)44(32-12-4-3-5-13-32)38-16-7-9-18-40(38)45;1-5-6-7-8(2,3)4/h3-29H,1-2H3;5-6H,7H2,1-4H3/b;6-5-. The molecule has 0 fully saturated rings. The molecule has 0 unspecified atom stereocenters. The summed E-state index contributed by atoms with van der Waals surface area (Å²) in [6, 6.07) is 57.3. The maximum absolute atomic E-state index is 5.01. The first-order valence-corrected chi connectivity index (χ1v) is 19.6. The van der Waals surface area contributed by atoms with Crippen molar-refractivity contribution in [1.29, 1.82) is 0 Å². The normalized spacial score (nSPS) is 13.1. The molecule has 0 bridgehead atoms. The van der Waals surface area contributed by atoms with Crippen LogP contribution < -0.4 is 0 Å². The van der Waals surface area contributed by atoms with E-state index in [0.717, 1.165) is 16.8 Å². The highest BCUT2D eigenvalue weighted by atomic mass is 14.7. The van der Waals surface area contributed by atoms with Crippen molar-refractivity contribution < 1.29 is 0 Å². The summed E-state index contributed by atoms with van der Waals surface area (Å²) in [4.78, 5) is 5.01. The second-order valence-electron chi connectivity index (χ2n) is 16.5. The Morgan fingerprint density at radius 1 is 0.491 bits per heavy atom. The molecule has 0 amide bonds. The first kappa shape index (κ1) is 36.0. The van der Waals surface area contributed by atoms with Gasteiger partial charge in [0.15, 0.2) is 0 Å². The molecule has 9 rings (SSSR count). The molecule has 1 heteroatoms. The van der Waals surface area contributed by atoms with Gasteiger partial charge in [0.05, 0.1) is 5.69 Å². The predicted molar refractivity (Wildman–Crippen MR) is 237 cm³/mol. The molecule has 0 saturated heterocycles. The van der Waals surface area contributed by atoms with Gasteiger partial charge in [-0.3, -0.25) is 4.98 Å². The Morgan fingerprint density at radius 3 is 1.56 bits per heavy atom. The van der Waals surface area contributed by atoms with Crippen molar-refractivity contribution in [1.82, 2.24) is 4.98 Å². The van der Waals surface area contributed by atoms with Gasteiger partial charge in [-0.15, -0.1) is 0 Å². The van der Waals surface area contributed by atoms with Crippen molar-refractivity contribution in [3.05, 3.63) is 187 Å². The Balaban J connectivity index is 0.000000484. The summed E-state index contributed by atoms with van der Waals surface area (Å²) in [6.07, 6.45) is 7.54. The van der Waals surface area contributed by atoms with E-state index in [4.69, 9.17) is 4.98 Å². The molecule has 55 heavy (non-hydrogen) atoms. The molecule has 0 radical (unpaired) electrons. The largest absolute Gasteiger partial charge is 0.256 e. The van der Waals surface area contributed by atoms with E-state index in [0.29, 0.717) is 5.41 Å². The predicted octanol–water partition coefficient (Wildman–Crippen LogP) is 15.4. The van der Waals surface area contributed by atoms with E-state index in [2.05, 4.69) is 211 Å². The van der Waals surface area contributed by atoms with Gasteiger partial charge in [-0.1, -0.05) is 192 Å². The van der Waals surface area contributed by atoms with Crippen molar-refractivity contribution in [3.63, 3.8) is 0 Å². The smallest absolute Gasteiger partial charge is 0.0702 e. The highest BCUT2D eigenvalue weighted by molar-refractivity contribution is 6.21. The summed E-state index contributed by atoms with van der Waals surface area (Å²) in [5.74, 6) is 0. The number of allylic oxidation sites excluding steroid dienone is 2. The lowest BCUT2D eigenvalue weighted by Gasteiger charge is -2.22. The minimum Gasteiger partial charge on any atom is -0.256 e. The monoisotopic (exact) mass is 711 g/mol. The molecule has 1 heterocycles. The Hall–Kier alpha value is -6.05. The Kier molecular flexibility index (Phi) is 9.57. The number of pyridine rings is 1. The van der Waals surface area contributed by atoms with Crippen LogP contribution in [0, 0.1) is 5.41 Å². The lowest BCUT2D eigenvalue weighted by Crippen LogP contribution is -2.14. The topological polar surface area (TPSA) is 12.9 Å². The fourth-order valence-electron chi connectivity index (χ4n) is 8.26. The number of rotatable bonds is 5. The van der Waals surface area contributed by atoms with Crippen molar-refractivity contribution >= 4 is 21.5 Å². The molecule has 0 saturated carbocycles. The Labute approximate surface area is 327 Å². The van der Waals surface area contributed by atoms with Crippen LogP contribution in [-0.4, -0.2) is 4.98 Å². The lowest BCUT2D eigenvalue weighted by atomic mass is 9.81. The summed E-state index contributed by atoms with van der Waals surface area (Å²) >= 11 is 0. The van der Waals surface area contributed by atoms with Crippen molar-refractivity contribution in [2.75, 3.05) is 0 Å². The van der Waals surface area contributed by atoms with Gasteiger partial charge < -0.3 is 0 Å². The van der Waals surface area contributed by atoms with Crippen molar-refractivity contribution in [3.8, 4) is 55.8 Å². The van der Waals surface area contributed by atoms with Crippen LogP contribution in [0.1, 0.15) is 59.1 Å². The van der Waals surface area contributed by atoms with Crippen LogP contribution >= 0.6 is 0 Å². The molecule has 1 aliphatic carbocycles. The van der Waals surface area contributed by atoms with E-state index in [9.17, 15) is 0 Å². The van der Waals surface area contributed by atoms with E-state index >= 15 is 0 Å². The number of benzene rings is 7. The molecule has 1 aromatic heterocycles. The third-order valence-corrected chi connectivity index (χ3v) is 11.1. The van der Waals surface area contributed by atoms with Crippen LogP contribution in [0.15, 0.2) is 176 Å². The molecule has 0 N–H and O–H groups in total. The van der Waals surface area contributed by atoms with Gasteiger partial charge in [0, 0.05) is 22.7 Å². The maximum atomic E-state index is 5.01. The number of hydrogen-bond acceptors (Lipinski definition) is 1. The highest BCUT2D eigenvalue weighted by Crippen LogP contribution is 2.49. The summed E-state index contributed by atoms with van der Waals surface area (Å²) in [5.41, 5.74) is 15.4. The van der Waals surface area contributed by atoms with Gasteiger partial charge in [0.2, 0.25) is 0 Å². The maximum Gasteiger partial charge on any atom is 0.0702 e. The van der Waals surface area contributed by atoms with Crippen LogP contribution in [0.25, 0.3) is 77.3 Å². The van der Waals surface area contributed by atoms with Crippen molar-refractivity contribution in [2.45, 2.75) is 53.4 Å². The van der Waals surface area contributed by atoms with E-state index < -0.39 is 0 Å². The third-order valence-electron chi connectivity index (χ3n) is 11.1. The fourth-order valence-corrected chi connectivity index (χ4v) is 8.26. The Bertz CT molecular complexity index is 2600. The molecular weight excluding hydrogens is 663 g/mol. The zero-order chi connectivity index (χ0) is 38.2. The summed E-state index contributed by atoms with van der Waals surface area (Å²) < 4.78 is 0. The van der Waals surface area contributed by atoms with Gasteiger partial charge in [0.1, 0.15) is 0 Å². The van der Waals surface area contributed by atoms with Crippen LogP contribution in [0.4, 0.5) is 0 Å². The molecule has 8 aromatic rings. The summed E-state index contributed by atoms with van der Waals surface area (Å²) in [6.45, 7) is 13.5. The van der Waals surface area contributed by atoms with Crippen LogP contribution in [0.2, 0.25) is 0 Å². The minimum absolute atomic E-state index is 0.00788. The highest BCUT2D eigenvalue weighted by Gasteiger charge is 2.35. The quantitative estimate of drug-likeness (QED) is 0.128. The van der Waals surface area contributed by atoms with Crippen LogP contribution in [-0.2, 0) is 5.41 Å². The van der Waals surface area contributed by atoms with Gasteiger partial charge in [0.25, 0.3) is 0 Å². The molecule has 0 aliphatic heterocycles. The van der Waals surface area contributed by atoms with Crippen LogP contribution in [0.5, 0.6) is 0 Å². The summed E-state index contributed by atoms with van der Waals surface area (Å²) in [5, 5.41) is 4.99.